The van der Waals surface area contributed by atoms with Gasteiger partial charge in [-0.3, -0.25) is 4.79 Å². The molecule has 0 aromatic heterocycles. The Morgan fingerprint density at radius 3 is 2.68 bits per heavy atom. The number of rotatable bonds is 7. The first-order chi connectivity index (χ1) is 18.5. The van der Waals surface area contributed by atoms with Crippen molar-refractivity contribution < 1.29 is 19.4 Å². The SMILES string of the molecule is CN1CCc2ccc(N3CC[C@H](C(=O)NC(CN4CCCC4)C(O)c4ccc5c(c4)OCCO5)C3)cc2C1. The lowest BCUT2D eigenvalue weighted by Gasteiger charge is -2.30. The number of anilines is 1. The van der Waals surface area contributed by atoms with Gasteiger partial charge in [0.05, 0.1) is 12.0 Å². The second-order valence-corrected chi connectivity index (χ2v) is 11.3. The fourth-order valence-corrected chi connectivity index (χ4v) is 6.33. The van der Waals surface area contributed by atoms with Crippen LogP contribution in [0.5, 0.6) is 11.5 Å². The topological polar surface area (TPSA) is 77.5 Å². The van der Waals surface area contributed by atoms with Gasteiger partial charge in [-0.05, 0) is 86.8 Å². The van der Waals surface area contributed by atoms with Gasteiger partial charge in [0.2, 0.25) is 5.91 Å². The fourth-order valence-electron chi connectivity index (χ4n) is 6.33. The van der Waals surface area contributed by atoms with Gasteiger partial charge in [0, 0.05) is 38.4 Å². The molecule has 3 atom stereocenters. The summed E-state index contributed by atoms with van der Waals surface area (Å²) < 4.78 is 11.4. The molecule has 2 N–H and O–H groups in total. The van der Waals surface area contributed by atoms with Gasteiger partial charge in [-0.2, -0.15) is 0 Å². The van der Waals surface area contributed by atoms with E-state index in [1.807, 2.05) is 18.2 Å². The molecule has 0 radical (unpaired) electrons. The highest BCUT2D eigenvalue weighted by molar-refractivity contribution is 5.80. The van der Waals surface area contributed by atoms with Gasteiger partial charge in [-0.15, -0.1) is 0 Å². The lowest BCUT2D eigenvalue weighted by molar-refractivity contribution is -0.126. The van der Waals surface area contributed by atoms with Crippen molar-refractivity contribution in [1.82, 2.24) is 15.1 Å². The zero-order valence-corrected chi connectivity index (χ0v) is 22.4. The molecule has 4 heterocycles. The molecule has 0 spiro atoms. The van der Waals surface area contributed by atoms with E-state index in [9.17, 15) is 9.90 Å². The van der Waals surface area contributed by atoms with E-state index in [1.54, 1.807) is 0 Å². The smallest absolute Gasteiger partial charge is 0.225 e. The van der Waals surface area contributed by atoms with Crippen LogP contribution in [0.3, 0.4) is 0 Å². The van der Waals surface area contributed by atoms with Crippen LogP contribution in [-0.4, -0.2) is 86.4 Å². The average Bonchev–Trinajstić information content (AvgIpc) is 3.64. The van der Waals surface area contributed by atoms with E-state index in [0.717, 1.165) is 64.0 Å². The predicted octanol–water partition coefficient (Wildman–Crippen LogP) is 2.59. The number of carbonyl (C=O) groups is 1. The lowest BCUT2D eigenvalue weighted by Crippen LogP contribution is -2.48. The van der Waals surface area contributed by atoms with Crippen molar-refractivity contribution in [3.8, 4) is 11.5 Å². The third-order valence-corrected chi connectivity index (χ3v) is 8.59. The Morgan fingerprint density at radius 1 is 1.03 bits per heavy atom. The van der Waals surface area contributed by atoms with Crippen LogP contribution in [0.25, 0.3) is 0 Å². The average molecular weight is 521 g/mol. The molecule has 2 fully saturated rings. The first kappa shape index (κ1) is 25.5. The van der Waals surface area contributed by atoms with Gasteiger partial charge >= 0.3 is 0 Å². The summed E-state index contributed by atoms with van der Waals surface area (Å²) in [6.45, 7) is 7.34. The number of benzene rings is 2. The third-order valence-electron chi connectivity index (χ3n) is 8.59. The summed E-state index contributed by atoms with van der Waals surface area (Å²) in [7, 11) is 2.17. The van der Waals surface area contributed by atoms with Crippen molar-refractivity contribution in [1.29, 1.82) is 0 Å². The Labute approximate surface area is 225 Å². The normalized spacial score (nSPS) is 23.2. The monoisotopic (exact) mass is 520 g/mol. The minimum Gasteiger partial charge on any atom is -0.486 e. The van der Waals surface area contributed by atoms with Gasteiger partial charge in [-0.1, -0.05) is 12.1 Å². The van der Waals surface area contributed by atoms with Crippen molar-refractivity contribution in [2.45, 2.75) is 44.4 Å². The highest BCUT2D eigenvalue weighted by atomic mass is 16.6. The molecule has 2 aromatic carbocycles. The van der Waals surface area contributed by atoms with Gasteiger partial charge in [0.1, 0.15) is 19.3 Å². The maximum absolute atomic E-state index is 13.5. The second-order valence-electron chi connectivity index (χ2n) is 11.3. The van der Waals surface area contributed by atoms with Crippen LogP contribution in [0, 0.1) is 5.92 Å². The Morgan fingerprint density at radius 2 is 1.84 bits per heavy atom. The summed E-state index contributed by atoms with van der Waals surface area (Å²) in [6.07, 6.45) is 3.41. The van der Waals surface area contributed by atoms with Crippen LogP contribution >= 0.6 is 0 Å². The summed E-state index contributed by atoms with van der Waals surface area (Å²) >= 11 is 0. The van der Waals surface area contributed by atoms with Gasteiger partial charge < -0.3 is 34.6 Å². The largest absolute Gasteiger partial charge is 0.486 e. The van der Waals surface area contributed by atoms with Gasteiger partial charge in [0.15, 0.2) is 11.5 Å². The summed E-state index contributed by atoms with van der Waals surface area (Å²) in [5.74, 6) is 1.29. The lowest BCUT2D eigenvalue weighted by atomic mass is 9.99. The highest BCUT2D eigenvalue weighted by Crippen LogP contribution is 2.34. The number of carbonyl (C=O) groups excluding carboxylic acids is 1. The predicted molar refractivity (Wildman–Crippen MR) is 147 cm³/mol. The summed E-state index contributed by atoms with van der Waals surface area (Å²) in [4.78, 5) is 20.6. The molecule has 6 rings (SSSR count). The standard InChI is InChI=1S/C30H40N4O4/c1-32-12-8-21-4-6-25(16-24(21)18-32)34-13-9-23(19-34)30(36)31-26(20-33-10-2-3-11-33)29(35)22-5-7-27-28(17-22)38-15-14-37-27/h4-7,16-17,23,26,29,35H,2-3,8-15,18-20H2,1H3,(H,31,36)/t23-,26?,29?/m0/s1. The van der Waals surface area contributed by atoms with Crippen LogP contribution in [0.4, 0.5) is 5.69 Å². The molecular formula is C30H40N4O4. The number of aliphatic hydroxyl groups is 1. The van der Waals surface area contributed by atoms with Crippen LogP contribution in [0.2, 0.25) is 0 Å². The van der Waals surface area contributed by atoms with Gasteiger partial charge in [0.25, 0.3) is 0 Å². The Kier molecular flexibility index (Phi) is 7.45. The quantitative estimate of drug-likeness (QED) is 0.581. The number of fused-ring (bicyclic) bond motifs is 2. The molecule has 4 aliphatic heterocycles. The molecule has 8 nitrogen and oxygen atoms in total. The first-order valence-electron chi connectivity index (χ1n) is 14.2. The van der Waals surface area contributed by atoms with E-state index >= 15 is 0 Å². The second kappa shape index (κ2) is 11.1. The molecule has 2 aromatic rings. The molecule has 0 bridgehead atoms. The van der Waals surface area contributed by atoms with Crippen LogP contribution in [0.15, 0.2) is 36.4 Å². The zero-order chi connectivity index (χ0) is 26.1. The van der Waals surface area contributed by atoms with E-state index in [1.165, 1.54) is 16.8 Å². The molecule has 4 aliphatic rings. The molecule has 0 saturated carbocycles. The Bertz CT molecular complexity index is 1150. The Balaban J connectivity index is 1.14. The van der Waals surface area contributed by atoms with E-state index in [2.05, 4.69) is 45.3 Å². The molecule has 204 valence electrons. The molecule has 1 amide bonds. The number of amides is 1. The van der Waals surface area contributed by atoms with Crippen molar-refractivity contribution in [3.63, 3.8) is 0 Å². The number of nitrogens with one attached hydrogen (secondary N) is 1. The number of ether oxygens (including phenoxy) is 2. The van der Waals surface area contributed by atoms with E-state index < -0.39 is 12.1 Å². The molecule has 38 heavy (non-hydrogen) atoms. The van der Waals surface area contributed by atoms with E-state index in [0.29, 0.717) is 37.8 Å². The summed E-state index contributed by atoms with van der Waals surface area (Å²) in [6, 6.07) is 12.0. The number of hydrogen-bond acceptors (Lipinski definition) is 7. The Hall–Kier alpha value is -2.81. The van der Waals surface area contributed by atoms with E-state index in [4.69, 9.17) is 9.47 Å². The van der Waals surface area contributed by atoms with Crippen molar-refractivity contribution in [3.05, 3.63) is 53.1 Å². The number of hydrogen-bond donors (Lipinski definition) is 2. The van der Waals surface area contributed by atoms with Crippen LogP contribution < -0.4 is 19.7 Å². The van der Waals surface area contributed by atoms with Crippen molar-refractivity contribution in [2.24, 2.45) is 5.92 Å². The molecular weight excluding hydrogens is 480 g/mol. The minimum absolute atomic E-state index is 0.0333. The maximum Gasteiger partial charge on any atom is 0.225 e. The first-order valence-corrected chi connectivity index (χ1v) is 14.2. The minimum atomic E-state index is -0.828. The van der Waals surface area contributed by atoms with Gasteiger partial charge in [-0.25, -0.2) is 0 Å². The fraction of sp³-hybridized carbons (Fsp3) is 0.567. The molecule has 8 heteroatoms. The maximum atomic E-state index is 13.5. The van der Waals surface area contributed by atoms with Crippen molar-refractivity contribution in [2.75, 3.05) is 64.4 Å². The molecule has 2 unspecified atom stereocenters. The zero-order valence-electron chi connectivity index (χ0n) is 22.4. The highest BCUT2D eigenvalue weighted by Gasteiger charge is 2.33. The molecule has 2 saturated heterocycles. The van der Waals surface area contributed by atoms with Crippen molar-refractivity contribution >= 4 is 11.6 Å². The van der Waals surface area contributed by atoms with E-state index in [-0.39, 0.29) is 11.8 Å². The van der Waals surface area contributed by atoms with Crippen LogP contribution in [-0.2, 0) is 17.8 Å². The third kappa shape index (κ3) is 5.48. The van der Waals surface area contributed by atoms with Crippen LogP contribution in [0.1, 0.15) is 42.1 Å². The molecule has 0 aliphatic carbocycles. The number of aliphatic hydroxyl groups excluding tert-OH is 1. The number of likely N-dealkylation sites (N-methyl/N-ethyl adjacent to an activating group) is 1. The number of likely N-dealkylation sites (tertiary alicyclic amines) is 1. The summed E-state index contributed by atoms with van der Waals surface area (Å²) in [5.41, 5.74) is 4.79. The number of nitrogens with zero attached hydrogens (tertiary/aromatic N) is 3. The summed E-state index contributed by atoms with van der Waals surface area (Å²) in [5, 5.41) is 14.7.